The predicted molar refractivity (Wildman–Crippen MR) is 84.5 cm³/mol. The number of nitrogens with zero attached hydrogens (tertiary/aromatic N) is 4. The van der Waals surface area contributed by atoms with Crippen molar-refractivity contribution in [2.45, 2.75) is 19.5 Å². The summed E-state index contributed by atoms with van der Waals surface area (Å²) in [5.41, 5.74) is 6.37. The van der Waals surface area contributed by atoms with Gasteiger partial charge in [0.2, 0.25) is 5.91 Å². The first-order valence-corrected chi connectivity index (χ1v) is 7.45. The van der Waals surface area contributed by atoms with Gasteiger partial charge in [0.1, 0.15) is 0 Å². The fourth-order valence-electron chi connectivity index (χ4n) is 3.09. The lowest BCUT2D eigenvalue weighted by atomic mass is 9.92. The molecule has 2 aliphatic heterocycles. The summed E-state index contributed by atoms with van der Waals surface area (Å²) in [6.07, 6.45) is 3.93. The van der Waals surface area contributed by atoms with E-state index >= 15 is 0 Å². The number of ether oxygens (including phenoxy) is 1. The highest BCUT2D eigenvalue weighted by molar-refractivity contribution is 6.15. The van der Waals surface area contributed by atoms with Gasteiger partial charge in [-0.3, -0.25) is 9.79 Å². The quantitative estimate of drug-likeness (QED) is 0.840. The first kappa shape index (κ1) is 13.9. The van der Waals surface area contributed by atoms with Crippen molar-refractivity contribution < 1.29 is 9.53 Å². The second kappa shape index (κ2) is 5.15. The molecule has 6 nitrogen and oxygen atoms in total. The summed E-state index contributed by atoms with van der Waals surface area (Å²) < 4.78 is 5.00. The van der Waals surface area contributed by atoms with Gasteiger partial charge in [-0.05, 0) is 22.8 Å². The summed E-state index contributed by atoms with van der Waals surface area (Å²) in [5, 5.41) is 0. The van der Waals surface area contributed by atoms with E-state index in [1.807, 2.05) is 7.05 Å². The zero-order valence-electron chi connectivity index (χ0n) is 13.0. The largest absolute Gasteiger partial charge is 0.467 e. The summed E-state index contributed by atoms with van der Waals surface area (Å²) in [6.45, 7) is 1.28. The molecule has 0 fully saturated rings. The van der Waals surface area contributed by atoms with Crippen LogP contribution in [0, 0.1) is 0 Å². The number of carbonyl (C=O) groups excluding carboxylic acids is 1. The summed E-state index contributed by atoms with van der Waals surface area (Å²) >= 11 is 0. The third-order valence-electron chi connectivity index (χ3n) is 4.35. The average molecular weight is 308 g/mol. The maximum absolute atomic E-state index is 11.9. The second-order valence-electron chi connectivity index (χ2n) is 5.83. The highest BCUT2D eigenvalue weighted by Crippen LogP contribution is 2.29. The van der Waals surface area contributed by atoms with E-state index in [4.69, 9.17) is 4.74 Å². The number of aromatic nitrogens is 2. The van der Waals surface area contributed by atoms with Gasteiger partial charge in [0.05, 0.1) is 25.8 Å². The van der Waals surface area contributed by atoms with Crippen LogP contribution in [0.2, 0.25) is 0 Å². The van der Waals surface area contributed by atoms with Crippen molar-refractivity contribution in [2.24, 2.45) is 4.99 Å². The van der Waals surface area contributed by atoms with Crippen LogP contribution in [0.25, 0.3) is 0 Å². The molecule has 0 radical (unpaired) electrons. The average Bonchev–Trinajstić information content (AvgIpc) is 2.97. The first-order valence-electron chi connectivity index (χ1n) is 7.45. The molecule has 1 amide bonds. The van der Waals surface area contributed by atoms with Gasteiger partial charge in [0.25, 0.3) is 0 Å². The number of amides is 1. The number of carbonyl (C=O) groups is 1. The predicted octanol–water partition coefficient (Wildman–Crippen LogP) is 1.35. The topological polar surface area (TPSA) is 67.7 Å². The molecule has 4 rings (SSSR count). The number of methoxy groups -OCH3 is 1. The van der Waals surface area contributed by atoms with E-state index < -0.39 is 0 Å². The van der Waals surface area contributed by atoms with Crippen LogP contribution in [0.1, 0.15) is 27.8 Å². The minimum Gasteiger partial charge on any atom is -0.467 e. The second-order valence-corrected chi connectivity index (χ2v) is 5.83. The van der Waals surface area contributed by atoms with E-state index in [0.717, 1.165) is 28.0 Å². The lowest BCUT2D eigenvalue weighted by Crippen LogP contribution is -2.32. The number of likely N-dealkylation sites (N-methyl/N-ethyl adjacent to an activating group) is 1. The first-order chi connectivity index (χ1) is 11.2. The molecule has 1 aromatic carbocycles. The number of hydrogen-bond donors (Lipinski definition) is 0. The Bertz CT molecular complexity index is 827. The molecule has 1 aromatic heterocycles. The molecule has 0 spiro atoms. The van der Waals surface area contributed by atoms with Crippen molar-refractivity contribution >= 4 is 11.6 Å². The van der Waals surface area contributed by atoms with Gasteiger partial charge in [-0.15, -0.1) is 0 Å². The smallest absolute Gasteiger partial charge is 0.316 e. The molecular formula is C17H16N4O2. The van der Waals surface area contributed by atoms with Crippen LogP contribution in [0.4, 0.5) is 0 Å². The maximum Gasteiger partial charge on any atom is 0.316 e. The van der Waals surface area contributed by atoms with E-state index in [9.17, 15) is 4.79 Å². The van der Waals surface area contributed by atoms with Crippen molar-refractivity contribution in [1.29, 1.82) is 0 Å². The Morgan fingerprint density at radius 3 is 2.65 bits per heavy atom. The fourth-order valence-corrected chi connectivity index (χ4v) is 3.09. The molecule has 0 atom stereocenters. The Labute approximate surface area is 133 Å². The molecule has 3 heterocycles. The zero-order valence-corrected chi connectivity index (χ0v) is 13.0. The van der Waals surface area contributed by atoms with Crippen LogP contribution in [0.15, 0.2) is 29.5 Å². The van der Waals surface area contributed by atoms with Gasteiger partial charge >= 0.3 is 6.01 Å². The molecule has 0 bridgehead atoms. The van der Waals surface area contributed by atoms with Crippen molar-refractivity contribution in [1.82, 2.24) is 14.9 Å². The van der Waals surface area contributed by atoms with Gasteiger partial charge in [0, 0.05) is 37.1 Å². The van der Waals surface area contributed by atoms with Gasteiger partial charge in [0.15, 0.2) is 0 Å². The number of fused-ring (bicyclic) bond motifs is 2. The summed E-state index contributed by atoms with van der Waals surface area (Å²) in [4.78, 5) is 26.6. The Kier molecular flexibility index (Phi) is 3.11. The minimum absolute atomic E-state index is 0.167. The molecule has 116 valence electrons. The van der Waals surface area contributed by atoms with Crippen molar-refractivity contribution in [2.75, 3.05) is 14.2 Å². The zero-order chi connectivity index (χ0) is 16.0. The minimum atomic E-state index is 0.167. The van der Waals surface area contributed by atoms with E-state index in [2.05, 4.69) is 27.1 Å². The Hall–Kier alpha value is -2.76. The molecule has 0 unspecified atom stereocenters. The van der Waals surface area contributed by atoms with Crippen LogP contribution in [-0.4, -0.2) is 40.6 Å². The third kappa shape index (κ3) is 2.27. The van der Waals surface area contributed by atoms with Gasteiger partial charge in [-0.1, -0.05) is 6.07 Å². The van der Waals surface area contributed by atoms with E-state index in [0.29, 0.717) is 25.5 Å². The molecule has 0 saturated heterocycles. The molecule has 0 N–H and O–H groups in total. The molecule has 23 heavy (non-hydrogen) atoms. The fraction of sp³-hybridized carbons (Fsp3) is 0.294. The van der Waals surface area contributed by atoms with Crippen molar-refractivity contribution in [3.05, 3.63) is 52.3 Å². The lowest BCUT2D eigenvalue weighted by molar-refractivity contribution is -0.130. The molecule has 0 saturated carbocycles. The monoisotopic (exact) mass is 308 g/mol. The Balaban J connectivity index is 1.73. The standard InChI is InChI=1S/C17H16N4O2/c1-21-9-12-4-14-11(3-10(12)5-15(21)22)6-18-16(14)13-7-19-17(23-2)20-8-13/h3-4,7-8H,5-6,9H2,1-2H3. The van der Waals surface area contributed by atoms with E-state index in [-0.39, 0.29) is 5.91 Å². The molecule has 6 heteroatoms. The summed E-state index contributed by atoms with van der Waals surface area (Å²) in [7, 11) is 3.38. The highest BCUT2D eigenvalue weighted by atomic mass is 16.5. The van der Waals surface area contributed by atoms with Crippen LogP contribution in [0.3, 0.4) is 0 Å². The summed E-state index contributed by atoms with van der Waals surface area (Å²) in [5.74, 6) is 0.167. The van der Waals surface area contributed by atoms with Gasteiger partial charge < -0.3 is 9.64 Å². The van der Waals surface area contributed by atoms with Gasteiger partial charge in [-0.25, -0.2) is 9.97 Å². The number of hydrogen-bond acceptors (Lipinski definition) is 5. The third-order valence-corrected chi connectivity index (χ3v) is 4.35. The molecule has 0 aliphatic carbocycles. The van der Waals surface area contributed by atoms with E-state index in [1.54, 1.807) is 24.4 Å². The van der Waals surface area contributed by atoms with Crippen LogP contribution < -0.4 is 4.74 Å². The number of aliphatic imine (C=N–C) groups is 1. The normalized spacial score (nSPS) is 16.0. The Morgan fingerprint density at radius 2 is 1.91 bits per heavy atom. The van der Waals surface area contributed by atoms with Crippen LogP contribution in [-0.2, 0) is 24.3 Å². The summed E-state index contributed by atoms with van der Waals surface area (Å²) in [6, 6.07) is 4.62. The number of rotatable bonds is 2. The molecule has 2 aromatic rings. The lowest BCUT2D eigenvalue weighted by Gasteiger charge is -2.25. The van der Waals surface area contributed by atoms with Crippen molar-refractivity contribution in [3.63, 3.8) is 0 Å². The molecule has 2 aliphatic rings. The van der Waals surface area contributed by atoms with E-state index in [1.165, 1.54) is 5.56 Å². The van der Waals surface area contributed by atoms with Crippen molar-refractivity contribution in [3.8, 4) is 6.01 Å². The molecular weight excluding hydrogens is 292 g/mol. The van der Waals surface area contributed by atoms with Gasteiger partial charge in [-0.2, -0.15) is 0 Å². The maximum atomic E-state index is 11.9. The highest BCUT2D eigenvalue weighted by Gasteiger charge is 2.25. The van der Waals surface area contributed by atoms with Crippen LogP contribution >= 0.6 is 0 Å². The Morgan fingerprint density at radius 1 is 1.13 bits per heavy atom. The SMILES string of the molecule is COc1ncc(C2=NCc3cc4c(cc32)CN(C)C(=O)C4)cn1. The van der Waals surface area contributed by atoms with Crippen LogP contribution in [0.5, 0.6) is 6.01 Å². The number of benzene rings is 1.